The number of aliphatic hydroxyl groups excluding tert-OH is 1. The first-order valence-electron chi connectivity index (χ1n) is 8.39. The fourth-order valence-corrected chi connectivity index (χ4v) is 2.63. The Kier molecular flexibility index (Phi) is 5.09. The van der Waals surface area contributed by atoms with Gasteiger partial charge in [0.15, 0.2) is 5.82 Å². The van der Waals surface area contributed by atoms with E-state index in [-0.39, 0.29) is 18.4 Å². The van der Waals surface area contributed by atoms with Gasteiger partial charge in [0.1, 0.15) is 5.65 Å². The predicted molar refractivity (Wildman–Crippen MR) is 100 cm³/mol. The maximum atomic E-state index is 11.2. The number of benzene rings is 1. The number of carbonyl (C=O) groups is 1. The van der Waals surface area contributed by atoms with Crippen LogP contribution in [0.5, 0.6) is 0 Å². The van der Waals surface area contributed by atoms with Crippen molar-refractivity contribution in [3.63, 3.8) is 0 Å². The fourth-order valence-electron chi connectivity index (χ4n) is 2.63. The number of azo groups is 1. The normalized spacial score (nSPS) is 11.6. The van der Waals surface area contributed by atoms with Crippen LogP contribution >= 0.6 is 0 Å². The molecule has 3 rings (SSSR count). The summed E-state index contributed by atoms with van der Waals surface area (Å²) in [4.78, 5) is 15.8. The quantitative estimate of drug-likeness (QED) is 0.670. The number of pyridine rings is 1. The molecule has 0 aliphatic rings. The number of fused-ring (bicyclic) bond motifs is 1. The minimum absolute atomic E-state index is 0.0346. The number of imidazole rings is 1. The largest absolute Gasteiger partial charge is 0.392 e. The third-order valence-electron chi connectivity index (χ3n) is 3.85. The van der Waals surface area contributed by atoms with Crippen LogP contribution in [0, 0.1) is 0 Å². The maximum Gasteiger partial charge on any atom is 0.221 e. The van der Waals surface area contributed by atoms with Crippen LogP contribution in [0.3, 0.4) is 0 Å². The molecule has 7 nitrogen and oxygen atoms in total. The number of hydrogen-bond acceptors (Lipinski definition) is 5. The van der Waals surface area contributed by atoms with Gasteiger partial charge in [0.2, 0.25) is 5.91 Å². The molecule has 0 unspecified atom stereocenters. The molecule has 2 heterocycles. The zero-order chi connectivity index (χ0) is 18.7. The molecular formula is C19H21N5O2. The lowest BCUT2D eigenvalue weighted by Crippen LogP contribution is -2.04. The lowest BCUT2D eigenvalue weighted by Gasteiger charge is -2.03. The van der Waals surface area contributed by atoms with Crippen LogP contribution in [0.15, 0.2) is 52.8 Å². The van der Waals surface area contributed by atoms with E-state index in [9.17, 15) is 9.90 Å². The second-order valence-electron chi connectivity index (χ2n) is 6.33. The molecule has 0 saturated carbocycles. The highest BCUT2D eigenvalue weighted by Crippen LogP contribution is 2.30. The highest BCUT2D eigenvalue weighted by Gasteiger charge is 2.15. The summed E-state index contributed by atoms with van der Waals surface area (Å²) in [5.74, 6) is 0.694. The number of aliphatic hydroxyl groups is 1. The van der Waals surface area contributed by atoms with Gasteiger partial charge >= 0.3 is 0 Å². The van der Waals surface area contributed by atoms with E-state index in [2.05, 4.69) is 20.5 Å². The molecule has 0 aliphatic heterocycles. The van der Waals surface area contributed by atoms with E-state index in [0.717, 1.165) is 16.9 Å². The number of anilines is 1. The highest BCUT2D eigenvalue weighted by molar-refractivity contribution is 5.89. The molecule has 0 aliphatic carbocycles. The van der Waals surface area contributed by atoms with Crippen molar-refractivity contribution in [2.75, 3.05) is 5.32 Å². The van der Waals surface area contributed by atoms with E-state index >= 15 is 0 Å². The standard InChI is InChI=1S/C19H21N5O2/c1-12(2)18-19(24-8-7-14(11-25)9-17(24)21-18)23-22-16-6-4-5-15(10-16)20-13(3)26/h4-10,12,25H,11H2,1-3H3,(H,20,26). The van der Waals surface area contributed by atoms with E-state index in [0.29, 0.717) is 17.2 Å². The molecule has 0 spiro atoms. The highest BCUT2D eigenvalue weighted by atomic mass is 16.3. The summed E-state index contributed by atoms with van der Waals surface area (Å²) in [6.45, 7) is 5.52. The van der Waals surface area contributed by atoms with Crippen molar-refractivity contribution in [2.24, 2.45) is 10.2 Å². The minimum Gasteiger partial charge on any atom is -0.392 e. The molecule has 0 radical (unpaired) electrons. The Morgan fingerprint density at radius 1 is 1.27 bits per heavy atom. The molecule has 134 valence electrons. The van der Waals surface area contributed by atoms with Gasteiger partial charge in [-0.15, -0.1) is 10.2 Å². The lowest BCUT2D eigenvalue weighted by atomic mass is 10.1. The molecule has 1 aromatic carbocycles. The van der Waals surface area contributed by atoms with Gasteiger partial charge in [0.05, 0.1) is 18.0 Å². The van der Waals surface area contributed by atoms with Crippen molar-refractivity contribution >= 4 is 28.7 Å². The van der Waals surface area contributed by atoms with Crippen molar-refractivity contribution in [1.82, 2.24) is 9.38 Å². The first-order valence-corrected chi connectivity index (χ1v) is 8.39. The molecule has 7 heteroatoms. The zero-order valence-corrected chi connectivity index (χ0v) is 15.0. The third-order valence-corrected chi connectivity index (χ3v) is 3.85. The van der Waals surface area contributed by atoms with Crippen LogP contribution < -0.4 is 5.32 Å². The van der Waals surface area contributed by atoms with Crippen molar-refractivity contribution < 1.29 is 9.90 Å². The average Bonchev–Trinajstić information content (AvgIpc) is 2.97. The van der Waals surface area contributed by atoms with Gasteiger partial charge in [-0.25, -0.2) is 4.98 Å². The molecule has 1 amide bonds. The molecule has 3 aromatic rings. The van der Waals surface area contributed by atoms with E-state index in [1.54, 1.807) is 12.1 Å². The Morgan fingerprint density at radius 3 is 2.77 bits per heavy atom. The fraction of sp³-hybridized carbons (Fsp3) is 0.263. The monoisotopic (exact) mass is 351 g/mol. The first-order chi connectivity index (χ1) is 12.5. The third kappa shape index (κ3) is 3.78. The smallest absolute Gasteiger partial charge is 0.221 e. The van der Waals surface area contributed by atoms with E-state index in [4.69, 9.17) is 0 Å². The number of amides is 1. The summed E-state index contributed by atoms with van der Waals surface area (Å²) < 4.78 is 1.86. The van der Waals surface area contributed by atoms with Gasteiger partial charge in [-0.05, 0) is 41.8 Å². The number of rotatable bonds is 5. The van der Waals surface area contributed by atoms with Crippen LogP contribution in [-0.4, -0.2) is 20.4 Å². The zero-order valence-electron chi connectivity index (χ0n) is 15.0. The minimum atomic E-state index is -0.136. The molecule has 0 bridgehead atoms. The van der Waals surface area contributed by atoms with E-state index < -0.39 is 0 Å². The summed E-state index contributed by atoms with van der Waals surface area (Å²) in [6.07, 6.45) is 1.84. The number of aromatic nitrogens is 2. The molecule has 2 N–H and O–H groups in total. The van der Waals surface area contributed by atoms with Crippen molar-refractivity contribution in [3.8, 4) is 0 Å². The van der Waals surface area contributed by atoms with Gasteiger partial charge in [0.25, 0.3) is 0 Å². The Bertz CT molecular complexity index is 975. The Morgan fingerprint density at radius 2 is 2.08 bits per heavy atom. The summed E-state index contributed by atoms with van der Waals surface area (Å²) in [5.41, 5.74) is 3.66. The Balaban J connectivity index is 2.00. The van der Waals surface area contributed by atoms with Crippen molar-refractivity contribution in [1.29, 1.82) is 0 Å². The number of nitrogens with zero attached hydrogens (tertiary/aromatic N) is 4. The van der Waals surface area contributed by atoms with Crippen LogP contribution in [0.4, 0.5) is 17.2 Å². The maximum absolute atomic E-state index is 11.2. The summed E-state index contributed by atoms with van der Waals surface area (Å²) in [7, 11) is 0. The molecule has 2 aromatic heterocycles. The molecule has 0 fully saturated rings. The summed E-state index contributed by atoms with van der Waals surface area (Å²) in [6, 6.07) is 10.8. The van der Waals surface area contributed by atoms with Crippen LogP contribution in [-0.2, 0) is 11.4 Å². The second kappa shape index (κ2) is 7.45. The van der Waals surface area contributed by atoms with Gasteiger partial charge in [-0.3, -0.25) is 9.20 Å². The SMILES string of the molecule is CC(=O)Nc1cccc(N=Nc2c(C(C)C)nc3cc(CO)ccn23)c1. The van der Waals surface area contributed by atoms with Crippen molar-refractivity contribution in [3.05, 3.63) is 53.9 Å². The molecular weight excluding hydrogens is 330 g/mol. The number of carbonyl (C=O) groups excluding carboxylic acids is 1. The summed E-state index contributed by atoms with van der Waals surface area (Å²) in [5, 5.41) is 20.8. The second-order valence-corrected chi connectivity index (χ2v) is 6.33. The van der Waals surface area contributed by atoms with E-state index in [1.807, 2.05) is 48.7 Å². The molecule has 0 atom stereocenters. The van der Waals surface area contributed by atoms with Gasteiger partial charge < -0.3 is 10.4 Å². The molecule has 0 saturated heterocycles. The van der Waals surface area contributed by atoms with Crippen LogP contribution in [0.2, 0.25) is 0 Å². The van der Waals surface area contributed by atoms with Gasteiger partial charge in [-0.2, -0.15) is 0 Å². The Labute approximate surface area is 151 Å². The summed E-state index contributed by atoms with van der Waals surface area (Å²) >= 11 is 0. The predicted octanol–water partition coefficient (Wildman–Crippen LogP) is 4.32. The topological polar surface area (TPSA) is 91.4 Å². The number of hydrogen-bond donors (Lipinski definition) is 2. The Hall–Kier alpha value is -3.06. The van der Waals surface area contributed by atoms with Gasteiger partial charge in [-0.1, -0.05) is 19.9 Å². The van der Waals surface area contributed by atoms with Gasteiger partial charge in [0, 0.05) is 18.8 Å². The van der Waals surface area contributed by atoms with E-state index in [1.165, 1.54) is 6.92 Å². The average molecular weight is 351 g/mol. The van der Waals surface area contributed by atoms with Crippen LogP contribution in [0.25, 0.3) is 5.65 Å². The lowest BCUT2D eigenvalue weighted by molar-refractivity contribution is -0.114. The van der Waals surface area contributed by atoms with Crippen LogP contribution in [0.1, 0.15) is 37.9 Å². The molecule has 26 heavy (non-hydrogen) atoms. The first kappa shape index (κ1) is 17.8. The van der Waals surface area contributed by atoms with Crippen molar-refractivity contribution in [2.45, 2.75) is 33.3 Å². The number of nitrogens with one attached hydrogen (secondary N) is 1.